The molecule has 1 aliphatic rings. The number of nitrogens with one attached hydrogen (secondary N) is 1. The molecular formula is C9H16N4S. The van der Waals surface area contributed by atoms with Gasteiger partial charge in [-0.3, -0.25) is 4.57 Å². The highest BCUT2D eigenvalue weighted by Gasteiger charge is 2.15. The third-order valence-corrected chi connectivity index (χ3v) is 3.34. The van der Waals surface area contributed by atoms with Crippen LogP contribution in [0.4, 0.5) is 5.95 Å². The fourth-order valence-electron chi connectivity index (χ4n) is 2.16. The molecule has 1 saturated carbocycles. The maximum atomic E-state index is 5.68. The van der Waals surface area contributed by atoms with E-state index in [0.29, 0.717) is 10.7 Å². The molecule has 0 amide bonds. The van der Waals surface area contributed by atoms with Gasteiger partial charge in [-0.05, 0) is 24.6 Å². The summed E-state index contributed by atoms with van der Waals surface area (Å²) in [6.45, 7) is 0.909. The Hall–Kier alpha value is -0.840. The summed E-state index contributed by atoms with van der Waals surface area (Å²) in [4.78, 5) is 0. The van der Waals surface area contributed by atoms with E-state index < -0.39 is 0 Å². The molecule has 1 fully saturated rings. The predicted octanol–water partition coefficient (Wildman–Crippen LogP) is 2.10. The number of aromatic nitrogens is 3. The highest BCUT2D eigenvalue weighted by atomic mass is 32.1. The first-order valence-corrected chi connectivity index (χ1v) is 5.59. The number of anilines is 1. The van der Waals surface area contributed by atoms with Crippen LogP contribution in [0.15, 0.2) is 0 Å². The minimum atomic E-state index is 0.507. The zero-order chi connectivity index (χ0) is 9.97. The highest BCUT2D eigenvalue weighted by Crippen LogP contribution is 2.28. The fraction of sp³-hybridized carbons (Fsp3) is 0.778. The second-order valence-corrected chi connectivity index (χ2v) is 4.36. The number of hydrogen-bond acceptors (Lipinski definition) is 3. The van der Waals surface area contributed by atoms with Crippen molar-refractivity contribution in [2.24, 2.45) is 5.92 Å². The van der Waals surface area contributed by atoms with Gasteiger partial charge < -0.3 is 5.73 Å². The lowest BCUT2D eigenvalue weighted by molar-refractivity contribution is 0.458. The summed E-state index contributed by atoms with van der Waals surface area (Å²) < 4.78 is 2.52. The van der Waals surface area contributed by atoms with Crippen molar-refractivity contribution in [3.8, 4) is 0 Å². The number of rotatable bonds is 3. The van der Waals surface area contributed by atoms with Crippen molar-refractivity contribution in [1.82, 2.24) is 14.8 Å². The molecule has 4 nitrogen and oxygen atoms in total. The first-order valence-electron chi connectivity index (χ1n) is 5.18. The van der Waals surface area contributed by atoms with Crippen molar-refractivity contribution in [3.63, 3.8) is 0 Å². The van der Waals surface area contributed by atoms with E-state index in [9.17, 15) is 0 Å². The Labute approximate surface area is 88.5 Å². The van der Waals surface area contributed by atoms with E-state index in [2.05, 4.69) is 10.2 Å². The second kappa shape index (κ2) is 4.13. The van der Waals surface area contributed by atoms with Crippen LogP contribution in [0, 0.1) is 10.7 Å². The number of H-pyrrole nitrogens is 1. The Morgan fingerprint density at radius 1 is 1.50 bits per heavy atom. The molecule has 0 aromatic carbocycles. The fourth-order valence-corrected chi connectivity index (χ4v) is 2.39. The number of nitrogens with two attached hydrogens (primary N) is 1. The van der Waals surface area contributed by atoms with E-state index in [1.807, 2.05) is 4.57 Å². The molecule has 0 bridgehead atoms. The monoisotopic (exact) mass is 212 g/mol. The summed E-state index contributed by atoms with van der Waals surface area (Å²) in [5.74, 6) is 1.37. The first-order chi connectivity index (χ1) is 6.77. The van der Waals surface area contributed by atoms with Crippen LogP contribution >= 0.6 is 12.2 Å². The van der Waals surface area contributed by atoms with Gasteiger partial charge in [0.15, 0.2) is 4.77 Å². The molecule has 3 N–H and O–H groups in total. The summed E-state index contributed by atoms with van der Waals surface area (Å²) in [5, 5.41) is 6.59. The molecule has 0 radical (unpaired) electrons. The third-order valence-electron chi connectivity index (χ3n) is 3.02. The van der Waals surface area contributed by atoms with Crippen molar-refractivity contribution in [2.75, 3.05) is 5.73 Å². The normalized spacial score (nSPS) is 17.7. The molecule has 0 aliphatic heterocycles. The largest absolute Gasteiger partial charge is 0.368 e. The van der Waals surface area contributed by atoms with Gasteiger partial charge in [0, 0.05) is 6.54 Å². The summed E-state index contributed by atoms with van der Waals surface area (Å²) in [6.07, 6.45) is 6.68. The Morgan fingerprint density at radius 3 is 2.79 bits per heavy atom. The average molecular weight is 212 g/mol. The zero-order valence-corrected chi connectivity index (χ0v) is 9.02. The molecule has 1 aromatic rings. The van der Waals surface area contributed by atoms with Crippen LogP contribution in [0.25, 0.3) is 0 Å². The molecule has 1 heterocycles. The van der Waals surface area contributed by atoms with Crippen LogP contribution in [-0.4, -0.2) is 14.8 Å². The second-order valence-electron chi connectivity index (χ2n) is 3.98. The Kier molecular flexibility index (Phi) is 2.86. The van der Waals surface area contributed by atoms with Gasteiger partial charge in [0.1, 0.15) is 0 Å². The molecular weight excluding hydrogens is 196 g/mol. The van der Waals surface area contributed by atoms with Gasteiger partial charge in [0.05, 0.1) is 0 Å². The van der Waals surface area contributed by atoms with E-state index in [0.717, 1.165) is 12.5 Å². The first kappa shape index (κ1) is 9.71. The van der Waals surface area contributed by atoms with Crippen LogP contribution < -0.4 is 5.73 Å². The quantitative estimate of drug-likeness (QED) is 0.754. The van der Waals surface area contributed by atoms with Gasteiger partial charge in [-0.1, -0.05) is 25.7 Å². The Morgan fingerprint density at radius 2 is 2.21 bits per heavy atom. The third kappa shape index (κ3) is 1.97. The Balaban J connectivity index is 1.94. The van der Waals surface area contributed by atoms with Crippen molar-refractivity contribution < 1.29 is 0 Å². The van der Waals surface area contributed by atoms with Gasteiger partial charge in [0.25, 0.3) is 0 Å². The number of nitrogens with zero attached hydrogens (tertiary/aromatic N) is 2. The predicted molar refractivity (Wildman–Crippen MR) is 58.4 cm³/mol. The molecule has 1 aliphatic carbocycles. The van der Waals surface area contributed by atoms with E-state index in [-0.39, 0.29) is 0 Å². The van der Waals surface area contributed by atoms with Crippen LogP contribution in [0.5, 0.6) is 0 Å². The number of hydrogen-bond donors (Lipinski definition) is 2. The molecule has 0 unspecified atom stereocenters. The average Bonchev–Trinajstić information content (AvgIpc) is 2.76. The van der Waals surface area contributed by atoms with E-state index in [1.54, 1.807) is 0 Å². The van der Waals surface area contributed by atoms with Gasteiger partial charge in [0.2, 0.25) is 5.95 Å². The number of nitrogen functional groups attached to an aromatic ring is 1. The molecule has 5 heteroatoms. The minimum Gasteiger partial charge on any atom is -0.368 e. The van der Waals surface area contributed by atoms with Crippen LogP contribution in [0.3, 0.4) is 0 Å². The van der Waals surface area contributed by atoms with Crippen molar-refractivity contribution in [1.29, 1.82) is 0 Å². The maximum Gasteiger partial charge on any atom is 0.220 e. The summed E-state index contributed by atoms with van der Waals surface area (Å²) in [7, 11) is 0. The minimum absolute atomic E-state index is 0.507. The highest BCUT2D eigenvalue weighted by molar-refractivity contribution is 7.71. The van der Waals surface area contributed by atoms with Crippen LogP contribution in [0.1, 0.15) is 32.1 Å². The smallest absolute Gasteiger partial charge is 0.220 e. The molecule has 0 saturated heterocycles. The molecule has 14 heavy (non-hydrogen) atoms. The SMILES string of the molecule is Nc1n[nH]c(=S)n1CCC1CCCC1. The lowest BCUT2D eigenvalue weighted by atomic mass is 10.0. The zero-order valence-electron chi connectivity index (χ0n) is 8.20. The van der Waals surface area contributed by atoms with Crippen LogP contribution in [0.2, 0.25) is 0 Å². The lowest BCUT2D eigenvalue weighted by Crippen LogP contribution is -2.07. The van der Waals surface area contributed by atoms with Gasteiger partial charge >= 0.3 is 0 Å². The molecule has 78 valence electrons. The van der Waals surface area contributed by atoms with E-state index in [1.165, 1.54) is 32.1 Å². The molecule has 2 rings (SSSR count). The van der Waals surface area contributed by atoms with E-state index >= 15 is 0 Å². The Bertz CT molecular complexity index is 348. The standard InChI is InChI=1S/C9H16N4S/c10-8-11-12-9(14)13(8)6-5-7-3-1-2-4-7/h7H,1-6H2,(H2,10,11)(H,12,14). The molecule has 1 aromatic heterocycles. The number of aromatic amines is 1. The van der Waals surface area contributed by atoms with Crippen molar-refractivity contribution in [3.05, 3.63) is 4.77 Å². The van der Waals surface area contributed by atoms with Crippen molar-refractivity contribution in [2.45, 2.75) is 38.6 Å². The van der Waals surface area contributed by atoms with E-state index in [4.69, 9.17) is 18.0 Å². The lowest BCUT2D eigenvalue weighted by Gasteiger charge is -2.09. The molecule has 0 atom stereocenters. The molecule has 0 spiro atoms. The van der Waals surface area contributed by atoms with Gasteiger partial charge in [-0.25, -0.2) is 5.10 Å². The van der Waals surface area contributed by atoms with Gasteiger partial charge in [-0.2, -0.15) is 0 Å². The topological polar surface area (TPSA) is 59.6 Å². The van der Waals surface area contributed by atoms with Crippen molar-refractivity contribution >= 4 is 18.2 Å². The summed E-state index contributed by atoms with van der Waals surface area (Å²) in [5.41, 5.74) is 5.68. The van der Waals surface area contributed by atoms with Crippen LogP contribution in [-0.2, 0) is 6.54 Å². The summed E-state index contributed by atoms with van der Waals surface area (Å²) in [6, 6.07) is 0. The maximum absolute atomic E-state index is 5.68. The van der Waals surface area contributed by atoms with Gasteiger partial charge in [-0.15, -0.1) is 5.10 Å². The summed E-state index contributed by atoms with van der Waals surface area (Å²) >= 11 is 5.08.